The number of hydrogen-bond acceptors (Lipinski definition) is 4. The van der Waals surface area contributed by atoms with E-state index in [0.717, 1.165) is 30.1 Å². The minimum Gasteiger partial charge on any atom is -0.497 e. The fraction of sp³-hybridized carbons (Fsp3) is 0.562. The normalized spacial score (nSPS) is 14.9. The molecule has 0 aromatic heterocycles. The van der Waals surface area contributed by atoms with Crippen molar-refractivity contribution in [3.8, 4) is 11.5 Å². The molecule has 21 heavy (non-hydrogen) atoms. The molecule has 1 amide bonds. The van der Waals surface area contributed by atoms with E-state index in [1.165, 1.54) is 12.8 Å². The molecule has 1 saturated carbocycles. The molecule has 1 aliphatic carbocycles. The third-order valence-electron chi connectivity index (χ3n) is 3.51. The van der Waals surface area contributed by atoms with Crippen LogP contribution in [0.4, 0.5) is 0 Å². The van der Waals surface area contributed by atoms with Crippen LogP contribution in [0, 0.1) is 0 Å². The highest BCUT2D eigenvalue weighted by molar-refractivity contribution is 7.99. The van der Waals surface area contributed by atoms with E-state index >= 15 is 0 Å². The molecular weight excluding hydrogens is 286 g/mol. The van der Waals surface area contributed by atoms with E-state index in [0.29, 0.717) is 18.4 Å². The van der Waals surface area contributed by atoms with Crippen molar-refractivity contribution in [2.45, 2.75) is 31.7 Å². The minimum atomic E-state index is 0.149. The van der Waals surface area contributed by atoms with Gasteiger partial charge in [-0.05, 0) is 37.1 Å². The Balaban J connectivity index is 1.53. The molecule has 0 atom stereocenters. The number of hydrogen-bond donors (Lipinski definition) is 1. The smallest absolute Gasteiger partial charge is 0.230 e. The second-order valence-electron chi connectivity index (χ2n) is 5.13. The topological polar surface area (TPSA) is 47.6 Å². The molecule has 5 heteroatoms. The SMILES string of the molecule is COc1ccc(OCCSCC(=O)NC2CCCC2)cc1. The van der Waals surface area contributed by atoms with E-state index in [1.807, 2.05) is 24.3 Å². The Morgan fingerprint density at radius 3 is 2.57 bits per heavy atom. The summed E-state index contributed by atoms with van der Waals surface area (Å²) < 4.78 is 10.7. The van der Waals surface area contributed by atoms with Gasteiger partial charge in [0.25, 0.3) is 0 Å². The van der Waals surface area contributed by atoms with Gasteiger partial charge in [0.1, 0.15) is 11.5 Å². The van der Waals surface area contributed by atoms with Crippen molar-refractivity contribution >= 4 is 17.7 Å². The Labute approximate surface area is 130 Å². The lowest BCUT2D eigenvalue weighted by Crippen LogP contribution is -2.34. The number of thioether (sulfide) groups is 1. The van der Waals surface area contributed by atoms with Gasteiger partial charge in [-0.1, -0.05) is 12.8 Å². The summed E-state index contributed by atoms with van der Waals surface area (Å²) in [4.78, 5) is 11.7. The molecule has 1 aromatic rings. The molecular formula is C16H23NO3S. The summed E-state index contributed by atoms with van der Waals surface area (Å²) in [6, 6.07) is 7.93. The molecule has 0 saturated heterocycles. The van der Waals surface area contributed by atoms with E-state index in [4.69, 9.17) is 9.47 Å². The fourth-order valence-corrected chi connectivity index (χ4v) is 3.01. The second-order valence-corrected chi connectivity index (χ2v) is 6.23. The lowest BCUT2D eigenvalue weighted by Gasteiger charge is -2.11. The third kappa shape index (κ3) is 5.87. The van der Waals surface area contributed by atoms with E-state index in [-0.39, 0.29) is 5.91 Å². The predicted octanol–water partition coefficient (Wildman–Crippen LogP) is 2.87. The van der Waals surface area contributed by atoms with Gasteiger partial charge in [-0.3, -0.25) is 4.79 Å². The van der Waals surface area contributed by atoms with E-state index in [9.17, 15) is 4.79 Å². The molecule has 2 rings (SSSR count). The highest BCUT2D eigenvalue weighted by atomic mass is 32.2. The lowest BCUT2D eigenvalue weighted by molar-refractivity contribution is -0.119. The first kappa shape index (κ1) is 16.0. The van der Waals surface area contributed by atoms with Crippen LogP contribution in [-0.4, -0.2) is 37.2 Å². The molecule has 116 valence electrons. The van der Waals surface area contributed by atoms with Crippen molar-refractivity contribution in [3.63, 3.8) is 0 Å². The van der Waals surface area contributed by atoms with E-state index in [1.54, 1.807) is 18.9 Å². The largest absolute Gasteiger partial charge is 0.497 e. The van der Waals surface area contributed by atoms with Crippen LogP contribution in [0.5, 0.6) is 11.5 Å². The van der Waals surface area contributed by atoms with E-state index < -0.39 is 0 Å². The van der Waals surface area contributed by atoms with Crippen LogP contribution in [0.3, 0.4) is 0 Å². The maximum absolute atomic E-state index is 11.7. The van der Waals surface area contributed by atoms with Crippen LogP contribution >= 0.6 is 11.8 Å². The zero-order chi connectivity index (χ0) is 14.9. The molecule has 0 spiro atoms. The van der Waals surface area contributed by atoms with Gasteiger partial charge in [-0.15, -0.1) is 11.8 Å². The average Bonchev–Trinajstić information content (AvgIpc) is 3.00. The summed E-state index contributed by atoms with van der Waals surface area (Å²) in [5.74, 6) is 3.12. The molecule has 0 bridgehead atoms. The first-order chi connectivity index (χ1) is 10.3. The number of methoxy groups -OCH3 is 1. The number of carbonyl (C=O) groups excluding carboxylic acids is 1. The van der Waals surface area contributed by atoms with Gasteiger partial charge in [-0.25, -0.2) is 0 Å². The first-order valence-electron chi connectivity index (χ1n) is 7.42. The van der Waals surface area contributed by atoms with Crippen LogP contribution in [0.15, 0.2) is 24.3 Å². The van der Waals surface area contributed by atoms with Crippen molar-refractivity contribution in [2.24, 2.45) is 0 Å². The highest BCUT2D eigenvalue weighted by Gasteiger charge is 2.16. The predicted molar refractivity (Wildman–Crippen MR) is 86.2 cm³/mol. The van der Waals surface area contributed by atoms with Gasteiger partial charge in [0.15, 0.2) is 0 Å². The summed E-state index contributed by atoms with van der Waals surface area (Å²) in [6.45, 7) is 0.605. The zero-order valence-electron chi connectivity index (χ0n) is 12.5. The monoisotopic (exact) mass is 309 g/mol. The quantitative estimate of drug-likeness (QED) is 0.750. The molecule has 1 N–H and O–H groups in total. The van der Waals surface area contributed by atoms with Gasteiger partial charge in [0.05, 0.1) is 19.5 Å². The standard InChI is InChI=1S/C16H23NO3S/c1-19-14-6-8-15(9-7-14)20-10-11-21-12-16(18)17-13-4-2-3-5-13/h6-9,13H,2-5,10-12H2,1H3,(H,17,18). The van der Waals surface area contributed by atoms with Crippen molar-refractivity contribution in [3.05, 3.63) is 24.3 Å². The molecule has 1 fully saturated rings. The maximum atomic E-state index is 11.7. The third-order valence-corrected chi connectivity index (χ3v) is 4.43. The number of ether oxygens (including phenoxy) is 2. The number of benzene rings is 1. The second kappa shape index (κ2) is 8.82. The molecule has 0 unspecified atom stereocenters. The van der Waals surface area contributed by atoms with Gasteiger partial charge in [-0.2, -0.15) is 0 Å². The summed E-state index contributed by atoms with van der Waals surface area (Å²) in [5.41, 5.74) is 0. The lowest BCUT2D eigenvalue weighted by atomic mass is 10.2. The summed E-state index contributed by atoms with van der Waals surface area (Å²) in [7, 11) is 1.64. The van der Waals surface area contributed by atoms with Crippen molar-refractivity contribution in [1.29, 1.82) is 0 Å². The van der Waals surface area contributed by atoms with Crippen LogP contribution in [0.1, 0.15) is 25.7 Å². The minimum absolute atomic E-state index is 0.149. The molecule has 0 aliphatic heterocycles. The first-order valence-corrected chi connectivity index (χ1v) is 8.57. The highest BCUT2D eigenvalue weighted by Crippen LogP contribution is 2.18. The Morgan fingerprint density at radius 2 is 1.90 bits per heavy atom. The van der Waals surface area contributed by atoms with Crippen molar-refractivity contribution < 1.29 is 14.3 Å². The summed E-state index contributed by atoms with van der Waals surface area (Å²) in [5, 5.41) is 3.09. The summed E-state index contributed by atoms with van der Waals surface area (Å²) in [6.07, 6.45) is 4.76. The molecule has 1 aliphatic rings. The number of nitrogens with one attached hydrogen (secondary N) is 1. The van der Waals surface area contributed by atoms with Crippen LogP contribution in [0.25, 0.3) is 0 Å². The number of carbonyl (C=O) groups is 1. The van der Waals surface area contributed by atoms with Gasteiger partial charge < -0.3 is 14.8 Å². The van der Waals surface area contributed by atoms with E-state index in [2.05, 4.69) is 5.32 Å². The Hall–Kier alpha value is -1.36. The van der Waals surface area contributed by atoms with Crippen molar-refractivity contribution in [1.82, 2.24) is 5.32 Å². The van der Waals surface area contributed by atoms with Gasteiger partial charge in [0.2, 0.25) is 5.91 Å². The number of amides is 1. The zero-order valence-corrected chi connectivity index (χ0v) is 13.3. The molecule has 0 radical (unpaired) electrons. The van der Waals surface area contributed by atoms with Crippen LogP contribution in [-0.2, 0) is 4.79 Å². The maximum Gasteiger partial charge on any atom is 0.230 e. The summed E-state index contributed by atoms with van der Waals surface area (Å²) >= 11 is 1.61. The van der Waals surface area contributed by atoms with Crippen LogP contribution < -0.4 is 14.8 Å². The average molecular weight is 309 g/mol. The Morgan fingerprint density at radius 1 is 1.24 bits per heavy atom. The van der Waals surface area contributed by atoms with Gasteiger partial charge in [0, 0.05) is 11.8 Å². The Kier molecular flexibility index (Phi) is 6.73. The molecule has 1 aromatic carbocycles. The fourth-order valence-electron chi connectivity index (χ4n) is 2.39. The van der Waals surface area contributed by atoms with Crippen LogP contribution in [0.2, 0.25) is 0 Å². The van der Waals surface area contributed by atoms with Crippen molar-refractivity contribution in [2.75, 3.05) is 25.2 Å². The van der Waals surface area contributed by atoms with Gasteiger partial charge >= 0.3 is 0 Å². The molecule has 4 nitrogen and oxygen atoms in total. The molecule has 0 heterocycles. The Bertz CT molecular complexity index is 430. The number of rotatable bonds is 8.